The summed E-state index contributed by atoms with van der Waals surface area (Å²) in [7, 11) is 0. The zero-order chi connectivity index (χ0) is 12.4. The number of likely N-dealkylation sites (tertiary alicyclic amines) is 1. The van der Waals surface area contributed by atoms with Gasteiger partial charge in [0.05, 0.1) is 11.7 Å². The summed E-state index contributed by atoms with van der Waals surface area (Å²) < 4.78 is 26.1. The number of amides is 1. The van der Waals surface area contributed by atoms with Gasteiger partial charge in [0.15, 0.2) is 0 Å². The molecule has 0 aromatic heterocycles. The predicted molar refractivity (Wildman–Crippen MR) is 57.5 cm³/mol. The van der Waals surface area contributed by atoms with Crippen LogP contribution in [0.4, 0.5) is 8.78 Å². The first-order valence-electron chi connectivity index (χ1n) is 5.50. The number of hydrogen-bond donors (Lipinski definition) is 1. The zero-order valence-electron chi connectivity index (χ0n) is 9.20. The van der Waals surface area contributed by atoms with Crippen LogP contribution in [0.5, 0.6) is 0 Å². The van der Waals surface area contributed by atoms with Crippen molar-refractivity contribution >= 4 is 5.91 Å². The predicted octanol–water partition coefficient (Wildman–Crippen LogP) is 1.56. The van der Waals surface area contributed by atoms with Gasteiger partial charge >= 0.3 is 0 Å². The summed E-state index contributed by atoms with van der Waals surface area (Å²) in [5.41, 5.74) is -0.152. The lowest BCUT2D eigenvalue weighted by atomic mass is 10.1. The van der Waals surface area contributed by atoms with Crippen molar-refractivity contribution in [3.8, 4) is 0 Å². The Morgan fingerprint density at radius 2 is 2.18 bits per heavy atom. The minimum absolute atomic E-state index is 0.152. The molecule has 1 unspecified atom stereocenters. The number of carbonyl (C=O) groups excluding carboxylic acids is 1. The Morgan fingerprint density at radius 1 is 1.41 bits per heavy atom. The third-order valence-electron chi connectivity index (χ3n) is 2.85. The molecule has 0 spiro atoms. The van der Waals surface area contributed by atoms with Gasteiger partial charge in [0.2, 0.25) is 0 Å². The number of nitrogens with zero attached hydrogens (tertiary/aromatic N) is 1. The molecule has 1 aromatic rings. The van der Waals surface area contributed by atoms with Crippen LogP contribution in [0.15, 0.2) is 18.2 Å². The van der Waals surface area contributed by atoms with Crippen molar-refractivity contribution in [2.75, 3.05) is 13.1 Å². The van der Waals surface area contributed by atoms with Crippen molar-refractivity contribution in [3.63, 3.8) is 0 Å². The van der Waals surface area contributed by atoms with E-state index in [0.29, 0.717) is 25.5 Å². The van der Waals surface area contributed by atoms with Gasteiger partial charge in [-0.2, -0.15) is 0 Å². The number of halogens is 2. The quantitative estimate of drug-likeness (QED) is 0.810. The molecule has 92 valence electrons. The van der Waals surface area contributed by atoms with E-state index in [-0.39, 0.29) is 12.1 Å². The van der Waals surface area contributed by atoms with E-state index < -0.39 is 23.6 Å². The van der Waals surface area contributed by atoms with Crippen LogP contribution in [-0.2, 0) is 0 Å². The van der Waals surface area contributed by atoms with Gasteiger partial charge in [0.25, 0.3) is 5.91 Å². The van der Waals surface area contributed by atoms with Crippen LogP contribution in [-0.4, -0.2) is 35.1 Å². The van der Waals surface area contributed by atoms with Crippen LogP contribution >= 0.6 is 0 Å². The molecule has 1 aliphatic heterocycles. The average molecular weight is 241 g/mol. The third-order valence-corrected chi connectivity index (χ3v) is 2.85. The van der Waals surface area contributed by atoms with Crippen LogP contribution in [0.25, 0.3) is 0 Å². The molecule has 1 saturated heterocycles. The zero-order valence-corrected chi connectivity index (χ0v) is 9.20. The number of aliphatic hydroxyl groups excluding tert-OH is 1. The van der Waals surface area contributed by atoms with Crippen molar-refractivity contribution in [1.82, 2.24) is 4.90 Å². The number of hydrogen-bond acceptors (Lipinski definition) is 2. The molecule has 0 radical (unpaired) electrons. The van der Waals surface area contributed by atoms with Gasteiger partial charge < -0.3 is 10.0 Å². The number of carbonyl (C=O) groups is 1. The highest BCUT2D eigenvalue weighted by molar-refractivity contribution is 5.94. The molecule has 1 N–H and O–H groups in total. The Labute approximate surface area is 97.7 Å². The largest absolute Gasteiger partial charge is 0.391 e. The van der Waals surface area contributed by atoms with E-state index in [1.54, 1.807) is 0 Å². The Hall–Kier alpha value is -1.49. The minimum Gasteiger partial charge on any atom is -0.391 e. The maximum absolute atomic E-state index is 13.4. The highest BCUT2D eigenvalue weighted by Gasteiger charge is 2.24. The second-order valence-corrected chi connectivity index (χ2v) is 4.17. The van der Waals surface area contributed by atoms with E-state index in [1.807, 2.05) is 0 Å². The summed E-state index contributed by atoms with van der Waals surface area (Å²) in [6.45, 7) is 0.697. The fourth-order valence-corrected chi connectivity index (χ4v) is 1.97. The second-order valence-electron chi connectivity index (χ2n) is 4.17. The smallest absolute Gasteiger partial charge is 0.256 e. The van der Waals surface area contributed by atoms with Crippen LogP contribution < -0.4 is 0 Å². The molecular formula is C12H13F2NO2. The van der Waals surface area contributed by atoms with Crippen LogP contribution in [0.1, 0.15) is 23.2 Å². The van der Waals surface area contributed by atoms with Crippen LogP contribution in [0.3, 0.4) is 0 Å². The molecule has 1 heterocycles. The van der Waals surface area contributed by atoms with E-state index >= 15 is 0 Å². The Balaban J connectivity index is 2.18. The summed E-state index contributed by atoms with van der Waals surface area (Å²) in [6.07, 6.45) is 0.780. The van der Waals surface area contributed by atoms with E-state index in [0.717, 1.165) is 12.1 Å². The molecule has 5 heteroatoms. The number of aliphatic hydroxyl groups is 1. The van der Waals surface area contributed by atoms with Gasteiger partial charge in [-0.3, -0.25) is 4.79 Å². The highest BCUT2D eigenvalue weighted by atomic mass is 19.1. The summed E-state index contributed by atoms with van der Waals surface area (Å²) in [5, 5.41) is 9.44. The Kier molecular flexibility index (Phi) is 3.38. The average Bonchev–Trinajstić information content (AvgIpc) is 2.28. The highest BCUT2D eigenvalue weighted by Crippen LogP contribution is 2.16. The molecule has 0 saturated carbocycles. The standard InChI is InChI=1S/C12H13F2NO2/c13-8-3-4-10(11(14)6-8)12(17)15-5-1-2-9(16)7-15/h3-4,6,9,16H,1-2,5,7H2. The second kappa shape index (κ2) is 4.79. The molecule has 1 fully saturated rings. The molecule has 0 bridgehead atoms. The Bertz CT molecular complexity index is 437. The van der Waals surface area contributed by atoms with E-state index in [1.165, 1.54) is 4.90 Å². The first kappa shape index (κ1) is 12.0. The lowest BCUT2D eigenvalue weighted by Gasteiger charge is -2.30. The molecular weight excluding hydrogens is 228 g/mol. The number of benzene rings is 1. The summed E-state index contributed by atoms with van der Waals surface area (Å²) in [6, 6.07) is 2.87. The van der Waals surface area contributed by atoms with Crippen LogP contribution in [0, 0.1) is 11.6 Å². The number of piperidine rings is 1. The molecule has 2 rings (SSSR count). The number of β-amino-alcohol motifs (C(OH)–C–C–N with tert-alkyl or cyclic N) is 1. The van der Waals surface area contributed by atoms with Crippen molar-refractivity contribution in [2.45, 2.75) is 18.9 Å². The topological polar surface area (TPSA) is 40.5 Å². The van der Waals surface area contributed by atoms with Crippen molar-refractivity contribution < 1.29 is 18.7 Å². The van der Waals surface area contributed by atoms with Gasteiger partial charge in [-0.1, -0.05) is 0 Å². The van der Waals surface area contributed by atoms with E-state index in [2.05, 4.69) is 0 Å². The van der Waals surface area contributed by atoms with Gasteiger partial charge in [0, 0.05) is 19.2 Å². The van der Waals surface area contributed by atoms with Gasteiger partial charge in [-0.05, 0) is 25.0 Å². The fourth-order valence-electron chi connectivity index (χ4n) is 1.97. The molecule has 17 heavy (non-hydrogen) atoms. The molecule has 3 nitrogen and oxygen atoms in total. The van der Waals surface area contributed by atoms with Gasteiger partial charge in [0.1, 0.15) is 11.6 Å². The van der Waals surface area contributed by atoms with Gasteiger partial charge in [-0.25, -0.2) is 8.78 Å². The molecule has 1 amide bonds. The molecule has 1 aliphatic rings. The lowest BCUT2D eigenvalue weighted by Crippen LogP contribution is -2.42. The molecule has 1 aromatic carbocycles. The maximum atomic E-state index is 13.4. The van der Waals surface area contributed by atoms with Crippen molar-refractivity contribution in [1.29, 1.82) is 0 Å². The third kappa shape index (κ3) is 2.61. The van der Waals surface area contributed by atoms with Crippen LogP contribution in [0.2, 0.25) is 0 Å². The summed E-state index contributed by atoms with van der Waals surface area (Å²) >= 11 is 0. The Morgan fingerprint density at radius 3 is 2.82 bits per heavy atom. The van der Waals surface area contributed by atoms with Crippen molar-refractivity contribution in [2.24, 2.45) is 0 Å². The first-order chi connectivity index (χ1) is 8.08. The monoisotopic (exact) mass is 241 g/mol. The minimum atomic E-state index is -0.866. The van der Waals surface area contributed by atoms with Crippen molar-refractivity contribution in [3.05, 3.63) is 35.4 Å². The fraction of sp³-hybridized carbons (Fsp3) is 0.417. The molecule has 1 atom stereocenters. The summed E-state index contributed by atoms with van der Waals surface area (Å²) in [5.74, 6) is -2.07. The SMILES string of the molecule is O=C(c1ccc(F)cc1F)N1CCCC(O)C1. The van der Waals surface area contributed by atoms with E-state index in [4.69, 9.17) is 0 Å². The first-order valence-corrected chi connectivity index (χ1v) is 5.50. The van der Waals surface area contributed by atoms with Gasteiger partial charge in [-0.15, -0.1) is 0 Å². The normalized spacial score (nSPS) is 20.4. The lowest BCUT2D eigenvalue weighted by molar-refractivity contribution is 0.0470. The number of rotatable bonds is 1. The summed E-state index contributed by atoms with van der Waals surface area (Å²) in [4.78, 5) is 13.3. The molecule has 0 aliphatic carbocycles. The van der Waals surface area contributed by atoms with E-state index in [9.17, 15) is 18.7 Å². The maximum Gasteiger partial charge on any atom is 0.256 e.